The Kier molecular flexibility index (Phi) is 3.43. The molecule has 1 fully saturated rings. The van der Waals surface area contributed by atoms with Crippen LogP contribution in [0.4, 0.5) is 4.39 Å². The van der Waals surface area contributed by atoms with Gasteiger partial charge in [0.1, 0.15) is 11.6 Å². The summed E-state index contributed by atoms with van der Waals surface area (Å²) < 4.78 is 15.5. The minimum atomic E-state index is -0.758. The van der Waals surface area contributed by atoms with Crippen molar-refractivity contribution in [2.45, 2.75) is 45.1 Å². The summed E-state index contributed by atoms with van der Waals surface area (Å²) in [6, 6.07) is 4.73. The average Bonchev–Trinajstić information content (AvgIpc) is 3.01. The Bertz CT molecular complexity index is 693. The van der Waals surface area contributed by atoms with Gasteiger partial charge in [-0.1, -0.05) is 6.42 Å². The molecule has 1 aromatic carbocycles. The van der Waals surface area contributed by atoms with Gasteiger partial charge in [-0.3, -0.25) is 4.79 Å². The van der Waals surface area contributed by atoms with Crippen molar-refractivity contribution in [3.8, 4) is 0 Å². The van der Waals surface area contributed by atoms with Crippen molar-refractivity contribution in [1.29, 1.82) is 0 Å². The summed E-state index contributed by atoms with van der Waals surface area (Å²) in [5.74, 6) is -0.755. The fourth-order valence-electron chi connectivity index (χ4n) is 3.46. The number of benzene rings is 1. The lowest BCUT2D eigenvalue weighted by Crippen LogP contribution is -2.20. The Labute approximate surface area is 122 Å². The molecular weight excluding hydrogens is 271 g/mol. The molecule has 0 spiro atoms. The van der Waals surface area contributed by atoms with Crippen molar-refractivity contribution in [3.05, 3.63) is 29.8 Å². The van der Waals surface area contributed by atoms with Gasteiger partial charge in [0.2, 0.25) is 0 Å². The van der Waals surface area contributed by atoms with Gasteiger partial charge in [0.15, 0.2) is 0 Å². The summed E-state index contributed by atoms with van der Waals surface area (Å²) in [6.45, 7) is 4.08. The number of hydrogen-bond acceptors (Lipinski definition) is 2. The predicted octanol–water partition coefficient (Wildman–Crippen LogP) is 3.72. The first kappa shape index (κ1) is 14.0. The third-order valence-electron chi connectivity index (χ3n) is 4.36. The van der Waals surface area contributed by atoms with E-state index in [-0.39, 0.29) is 23.7 Å². The van der Waals surface area contributed by atoms with Gasteiger partial charge in [-0.25, -0.2) is 9.37 Å². The highest BCUT2D eigenvalue weighted by molar-refractivity contribution is 5.77. The van der Waals surface area contributed by atoms with Crippen molar-refractivity contribution < 1.29 is 14.3 Å². The van der Waals surface area contributed by atoms with Gasteiger partial charge < -0.3 is 9.67 Å². The number of aromatic nitrogens is 2. The molecule has 4 nitrogen and oxygen atoms in total. The van der Waals surface area contributed by atoms with E-state index in [2.05, 4.69) is 9.55 Å². The minimum Gasteiger partial charge on any atom is -0.481 e. The van der Waals surface area contributed by atoms with Gasteiger partial charge >= 0.3 is 5.97 Å². The molecule has 1 saturated carbocycles. The van der Waals surface area contributed by atoms with E-state index in [9.17, 15) is 14.3 Å². The van der Waals surface area contributed by atoms with Gasteiger partial charge in [-0.05, 0) is 38.8 Å². The molecule has 0 amide bonds. The van der Waals surface area contributed by atoms with Crippen LogP contribution in [-0.2, 0) is 4.79 Å². The van der Waals surface area contributed by atoms with Crippen molar-refractivity contribution in [1.82, 2.24) is 9.55 Å². The summed E-state index contributed by atoms with van der Waals surface area (Å²) in [4.78, 5) is 16.0. The lowest BCUT2D eigenvalue weighted by Gasteiger charge is -2.20. The molecule has 0 radical (unpaired) electrons. The van der Waals surface area contributed by atoms with E-state index < -0.39 is 5.97 Å². The molecule has 0 bridgehead atoms. The number of imidazole rings is 1. The summed E-state index contributed by atoms with van der Waals surface area (Å²) in [7, 11) is 0. The van der Waals surface area contributed by atoms with Crippen LogP contribution in [0.15, 0.2) is 18.2 Å². The predicted molar refractivity (Wildman–Crippen MR) is 77.8 cm³/mol. The second kappa shape index (κ2) is 5.13. The second-order valence-corrected chi connectivity index (χ2v) is 6.05. The molecule has 3 rings (SSSR count). The highest BCUT2D eigenvalue weighted by Crippen LogP contribution is 2.41. The van der Waals surface area contributed by atoms with E-state index in [4.69, 9.17) is 0 Å². The molecule has 0 aliphatic heterocycles. The fraction of sp³-hybridized carbons (Fsp3) is 0.500. The second-order valence-electron chi connectivity index (χ2n) is 6.05. The van der Waals surface area contributed by atoms with Crippen LogP contribution in [0.2, 0.25) is 0 Å². The Morgan fingerprint density at radius 3 is 2.86 bits per heavy atom. The summed E-state index contributed by atoms with van der Waals surface area (Å²) in [5, 5.41) is 9.40. The fourth-order valence-corrected chi connectivity index (χ4v) is 3.46. The van der Waals surface area contributed by atoms with E-state index in [0.717, 1.165) is 24.2 Å². The molecule has 0 saturated heterocycles. The number of carboxylic acids is 1. The van der Waals surface area contributed by atoms with Crippen LogP contribution in [0.3, 0.4) is 0 Å². The molecule has 1 aliphatic rings. The van der Waals surface area contributed by atoms with Crippen LogP contribution in [-0.4, -0.2) is 20.6 Å². The van der Waals surface area contributed by atoms with E-state index in [1.54, 1.807) is 6.07 Å². The molecule has 1 aromatic heterocycles. The molecule has 1 aliphatic carbocycles. The first-order chi connectivity index (χ1) is 9.99. The molecular formula is C16H19FN2O2. The lowest BCUT2D eigenvalue weighted by atomic mass is 9.95. The summed E-state index contributed by atoms with van der Waals surface area (Å²) >= 11 is 0. The zero-order valence-electron chi connectivity index (χ0n) is 12.2. The van der Waals surface area contributed by atoms with Crippen LogP contribution in [0, 0.1) is 11.7 Å². The Balaban J connectivity index is 2.17. The maximum atomic E-state index is 13.4. The highest BCUT2D eigenvalue weighted by atomic mass is 19.1. The van der Waals surface area contributed by atoms with E-state index in [0.29, 0.717) is 11.9 Å². The first-order valence-corrected chi connectivity index (χ1v) is 7.39. The number of carbonyl (C=O) groups is 1. The van der Waals surface area contributed by atoms with Gasteiger partial charge in [-0.15, -0.1) is 0 Å². The topological polar surface area (TPSA) is 55.1 Å². The Hall–Kier alpha value is -1.91. The zero-order valence-corrected chi connectivity index (χ0v) is 12.2. The van der Waals surface area contributed by atoms with Crippen LogP contribution < -0.4 is 0 Å². The first-order valence-electron chi connectivity index (χ1n) is 7.39. The molecule has 2 unspecified atom stereocenters. The van der Waals surface area contributed by atoms with E-state index >= 15 is 0 Å². The molecule has 2 aromatic rings. The van der Waals surface area contributed by atoms with E-state index in [1.807, 2.05) is 13.8 Å². The monoisotopic (exact) mass is 290 g/mol. The average molecular weight is 290 g/mol. The molecule has 2 atom stereocenters. The highest BCUT2D eigenvalue weighted by Gasteiger charge is 2.37. The summed E-state index contributed by atoms with van der Waals surface area (Å²) in [5.41, 5.74) is 1.48. The number of rotatable bonds is 3. The van der Waals surface area contributed by atoms with E-state index in [1.165, 1.54) is 12.1 Å². The van der Waals surface area contributed by atoms with Crippen LogP contribution in [0.1, 0.15) is 50.9 Å². The number of hydrogen-bond donors (Lipinski definition) is 1. The van der Waals surface area contributed by atoms with Crippen molar-refractivity contribution in [2.24, 2.45) is 5.92 Å². The molecule has 5 heteroatoms. The zero-order chi connectivity index (χ0) is 15.1. The van der Waals surface area contributed by atoms with Crippen molar-refractivity contribution >= 4 is 17.0 Å². The third kappa shape index (κ3) is 2.30. The number of carboxylic acid groups (broad SMARTS) is 1. The number of fused-ring (bicyclic) bond motifs is 1. The van der Waals surface area contributed by atoms with Crippen LogP contribution >= 0.6 is 0 Å². The van der Waals surface area contributed by atoms with Gasteiger partial charge in [0.25, 0.3) is 0 Å². The minimum absolute atomic E-state index is 0.0830. The molecule has 1 N–H and O–H groups in total. The quantitative estimate of drug-likeness (QED) is 0.937. The summed E-state index contributed by atoms with van der Waals surface area (Å²) in [6.07, 6.45) is 2.42. The van der Waals surface area contributed by atoms with Crippen molar-refractivity contribution in [2.75, 3.05) is 0 Å². The maximum Gasteiger partial charge on any atom is 0.307 e. The van der Waals surface area contributed by atoms with Gasteiger partial charge in [0.05, 0.1) is 17.0 Å². The third-order valence-corrected chi connectivity index (χ3v) is 4.36. The molecule has 21 heavy (non-hydrogen) atoms. The normalized spacial score (nSPS) is 22.3. The SMILES string of the molecule is CC(C)n1c(C2CCCC2C(=O)O)nc2cc(F)ccc21. The maximum absolute atomic E-state index is 13.4. The standard InChI is InChI=1S/C16H19FN2O2/c1-9(2)19-14-7-6-10(17)8-13(14)18-15(19)11-4-3-5-12(11)16(20)21/h6-9,11-12H,3-5H2,1-2H3,(H,20,21). The number of aliphatic carboxylic acids is 1. The molecule has 1 heterocycles. The molecule has 112 valence electrons. The number of nitrogens with zero attached hydrogens (tertiary/aromatic N) is 2. The van der Waals surface area contributed by atoms with Gasteiger partial charge in [0, 0.05) is 18.0 Å². The van der Waals surface area contributed by atoms with Gasteiger partial charge in [-0.2, -0.15) is 0 Å². The Morgan fingerprint density at radius 1 is 1.43 bits per heavy atom. The largest absolute Gasteiger partial charge is 0.481 e. The van der Waals surface area contributed by atoms with Crippen LogP contribution in [0.5, 0.6) is 0 Å². The van der Waals surface area contributed by atoms with Crippen molar-refractivity contribution in [3.63, 3.8) is 0 Å². The van der Waals surface area contributed by atoms with Crippen LogP contribution in [0.25, 0.3) is 11.0 Å². The lowest BCUT2D eigenvalue weighted by molar-refractivity contribution is -0.142. The number of halogens is 1. The Morgan fingerprint density at radius 2 is 2.19 bits per heavy atom. The smallest absolute Gasteiger partial charge is 0.307 e.